The first-order chi connectivity index (χ1) is 8.62. The Morgan fingerprint density at radius 1 is 1.44 bits per heavy atom. The summed E-state index contributed by atoms with van der Waals surface area (Å²) in [5.41, 5.74) is 0.940. The molecular weight excluding hydrogens is 254 g/mol. The molecule has 2 rings (SSSR count). The molecule has 0 amide bonds. The average molecular weight is 273 g/mol. The monoisotopic (exact) mass is 273 g/mol. The predicted octanol–water partition coefficient (Wildman–Crippen LogP) is -0.0759. The van der Waals surface area contributed by atoms with Crippen molar-refractivity contribution >= 4 is 16.0 Å². The van der Waals surface area contributed by atoms with Gasteiger partial charge in [-0.05, 0) is 6.42 Å². The molecule has 0 radical (unpaired) electrons. The van der Waals surface area contributed by atoms with Gasteiger partial charge in [0, 0.05) is 37.9 Å². The van der Waals surface area contributed by atoms with Gasteiger partial charge in [0.05, 0.1) is 0 Å². The Bertz CT molecular complexity index is 478. The fourth-order valence-electron chi connectivity index (χ4n) is 1.89. The molecule has 0 saturated carbocycles. The van der Waals surface area contributed by atoms with E-state index in [1.807, 2.05) is 0 Å². The van der Waals surface area contributed by atoms with E-state index in [0.717, 1.165) is 18.5 Å². The minimum atomic E-state index is -3.48. The summed E-state index contributed by atoms with van der Waals surface area (Å²) >= 11 is 0. The average Bonchev–Trinajstić information content (AvgIpc) is 2.77. The summed E-state index contributed by atoms with van der Waals surface area (Å²) in [6, 6.07) is 1.74. The Labute approximate surface area is 107 Å². The highest BCUT2D eigenvalue weighted by atomic mass is 32.2. The number of piperazine rings is 1. The van der Waals surface area contributed by atoms with Gasteiger partial charge in [-0.3, -0.25) is 9.82 Å². The van der Waals surface area contributed by atoms with Crippen LogP contribution < -0.4 is 10.0 Å². The summed E-state index contributed by atoms with van der Waals surface area (Å²) in [6.45, 7) is 4.40. The molecule has 7 nitrogen and oxygen atoms in total. The van der Waals surface area contributed by atoms with Crippen molar-refractivity contribution in [1.82, 2.24) is 19.8 Å². The van der Waals surface area contributed by atoms with Crippen molar-refractivity contribution in [2.24, 2.45) is 0 Å². The number of rotatable bonds is 5. The van der Waals surface area contributed by atoms with Crippen LogP contribution in [0.25, 0.3) is 0 Å². The number of anilines is 1. The van der Waals surface area contributed by atoms with Crippen LogP contribution in [0.2, 0.25) is 0 Å². The van der Waals surface area contributed by atoms with Crippen LogP contribution in [0.5, 0.6) is 0 Å². The summed E-state index contributed by atoms with van der Waals surface area (Å²) in [7, 11) is -3.48. The van der Waals surface area contributed by atoms with E-state index in [0.29, 0.717) is 32.0 Å². The highest BCUT2D eigenvalue weighted by molar-refractivity contribution is 7.90. The number of aryl methyl sites for hydroxylation is 1. The van der Waals surface area contributed by atoms with Gasteiger partial charge in [-0.25, -0.2) is 0 Å². The van der Waals surface area contributed by atoms with Gasteiger partial charge >= 0.3 is 10.2 Å². The van der Waals surface area contributed by atoms with Crippen molar-refractivity contribution in [2.45, 2.75) is 19.8 Å². The number of aromatic nitrogens is 2. The number of aromatic amines is 1. The Kier molecular flexibility index (Phi) is 4.20. The molecule has 1 aliphatic heterocycles. The Balaban J connectivity index is 2.01. The lowest BCUT2D eigenvalue weighted by Crippen LogP contribution is -2.48. The molecule has 1 saturated heterocycles. The fourth-order valence-corrected chi connectivity index (χ4v) is 3.05. The third kappa shape index (κ3) is 3.21. The third-order valence-corrected chi connectivity index (χ3v) is 4.31. The van der Waals surface area contributed by atoms with Crippen molar-refractivity contribution in [3.8, 4) is 0 Å². The smallest absolute Gasteiger partial charge is 0.302 e. The first-order valence-electron chi connectivity index (χ1n) is 6.14. The van der Waals surface area contributed by atoms with Crippen molar-refractivity contribution in [2.75, 3.05) is 30.9 Å². The van der Waals surface area contributed by atoms with E-state index in [4.69, 9.17) is 0 Å². The lowest BCUT2D eigenvalue weighted by Gasteiger charge is -2.26. The number of nitrogens with zero attached hydrogens (tertiary/aromatic N) is 2. The summed E-state index contributed by atoms with van der Waals surface area (Å²) < 4.78 is 28.0. The van der Waals surface area contributed by atoms with Crippen LogP contribution in [0.15, 0.2) is 6.07 Å². The lowest BCUT2D eigenvalue weighted by atomic mass is 10.2. The molecule has 1 aliphatic rings. The van der Waals surface area contributed by atoms with Crippen LogP contribution >= 0.6 is 0 Å². The maximum absolute atomic E-state index is 12.1. The first kappa shape index (κ1) is 13.3. The maximum atomic E-state index is 12.1. The van der Waals surface area contributed by atoms with Gasteiger partial charge in [0.1, 0.15) is 0 Å². The fraction of sp³-hybridized carbons (Fsp3) is 0.700. The molecule has 2 heterocycles. The molecular formula is C10H19N5O2S. The zero-order valence-corrected chi connectivity index (χ0v) is 11.3. The topological polar surface area (TPSA) is 90.1 Å². The molecule has 1 aromatic rings. The second-order valence-corrected chi connectivity index (χ2v) is 5.96. The molecule has 0 unspecified atom stereocenters. The van der Waals surface area contributed by atoms with E-state index in [-0.39, 0.29) is 0 Å². The molecule has 1 aromatic heterocycles. The van der Waals surface area contributed by atoms with E-state index in [9.17, 15) is 8.42 Å². The van der Waals surface area contributed by atoms with E-state index < -0.39 is 10.2 Å². The van der Waals surface area contributed by atoms with Crippen LogP contribution in [-0.4, -0.2) is 49.1 Å². The Hall–Kier alpha value is -1.12. The van der Waals surface area contributed by atoms with E-state index in [2.05, 4.69) is 27.2 Å². The van der Waals surface area contributed by atoms with Gasteiger partial charge in [-0.2, -0.15) is 17.8 Å². The number of hydrogen-bond acceptors (Lipinski definition) is 4. The quantitative estimate of drug-likeness (QED) is 0.700. The second kappa shape index (κ2) is 5.68. The molecule has 0 aromatic carbocycles. The zero-order chi connectivity index (χ0) is 13.0. The minimum absolute atomic E-state index is 0.358. The normalized spacial score (nSPS) is 17.8. The summed E-state index contributed by atoms with van der Waals surface area (Å²) in [5, 5.41) is 9.90. The highest BCUT2D eigenvalue weighted by Gasteiger charge is 2.24. The van der Waals surface area contributed by atoms with Crippen LogP contribution in [0.1, 0.15) is 19.0 Å². The number of H-pyrrole nitrogens is 1. The molecule has 102 valence electrons. The summed E-state index contributed by atoms with van der Waals surface area (Å²) in [6.07, 6.45) is 1.86. The molecule has 3 N–H and O–H groups in total. The lowest BCUT2D eigenvalue weighted by molar-refractivity contribution is 0.362. The predicted molar refractivity (Wildman–Crippen MR) is 69.6 cm³/mol. The van der Waals surface area contributed by atoms with Crippen molar-refractivity contribution in [3.05, 3.63) is 11.8 Å². The molecule has 0 atom stereocenters. The Morgan fingerprint density at radius 3 is 2.83 bits per heavy atom. The van der Waals surface area contributed by atoms with Gasteiger partial charge in [0.25, 0.3) is 0 Å². The standard InChI is InChI=1S/C10H19N5O2S/c1-2-3-9-8-10(13-12-9)14-18(16,17)15-6-4-11-5-7-15/h8,11H,2-7H2,1H3,(H2,12,13,14). The SMILES string of the molecule is CCCc1cc(NS(=O)(=O)N2CCNCC2)n[nH]1. The summed E-state index contributed by atoms with van der Waals surface area (Å²) in [5.74, 6) is 0.358. The molecule has 8 heteroatoms. The van der Waals surface area contributed by atoms with Crippen molar-refractivity contribution < 1.29 is 8.42 Å². The molecule has 18 heavy (non-hydrogen) atoms. The maximum Gasteiger partial charge on any atom is 0.302 e. The molecule has 0 aliphatic carbocycles. The van der Waals surface area contributed by atoms with Crippen LogP contribution in [0, 0.1) is 0 Å². The van der Waals surface area contributed by atoms with E-state index in [1.165, 1.54) is 4.31 Å². The third-order valence-electron chi connectivity index (χ3n) is 2.80. The summed E-state index contributed by atoms with van der Waals surface area (Å²) in [4.78, 5) is 0. The van der Waals surface area contributed by atoms with Gasteiger partial charge in [-0.15, -0.1) is 0 Å². The van der Waals surface area contributed by atoms with Gasteiger partial charge < -0.3 is 5.32 Å². The van der Waals surface area contributed by atoms with Crippen molar-refractivity contribution in [1.29, 1.82) is 0 Å². The minimum Gasteiger partial charge on any atom is -0.314 e. The van der Waals surface area contributed by atoms with Crippen LogP contribution in [-0.2, 0) is 16.6 Å². The van der Waals surface area contributed by atoms with E-state index >= 15 is 0 Å². The Morgan fingerprint density at radius 2 is 2.17 bits per heavy atom. The number of hydrogen-bond donors (Lipinski definition) is 3. The number of nitrogens with one attached hydrogen (secondary N) is 3. The largest absolute Gasteiger partial charge is 0.314 e. The van der Waals surface area contributed by atoms with Gasteiger partial charge in [0.2, 0.25) is 0 Å². The van der Waals surface area contributed by atoms with Crippen molar-refractivity contribution in [3.63, 3.8) is 0 Å². The zero-order valence-electron chi connectivity index (χ0n) is 10.4. The van der Waals surface area contributed by atoms with Gasteiger partial charge in [0.15, 0.2) is 5.82 Å². The van der Waals surface area contributed by atoms with Gasteiger partial charge in [-0.1, -0.05) is 13.3 Å². The second-order valence-electron chi connectivity index (χ2n) is 4.28. The van der Waals surface area contributed by atoms with Crippen LogP contribution in [0.4, 0.5) is 5.82 Å². The molecule has 0 spiro atoms. The highest BCUT2D eigenvalue weighted by Crippen LogP contribution is 2.11. The molecule has 0 bridgehead atoms. The van der Waals surface area contributed by atoms with E-state index in [1.54, 1.807) is 6.07 Å². The van der Waals surface area contributed by atoms with Crippen LogP contribution in [0.3, 0.4) is 0 Å². The molecule has 1 fully saturated rings. The first-order valence-corrected chi connectivity index (χ1v) is 7.58.